The zero-order valence-corrected chi connectivity index (χ0v) is 11.1. The second-order valence-electron chi connectivity index (χ2n) is 4.86. The van der Waals surface area contributed by atoms with Crippen LogP contribution in [0.1, 0.15) is 5.69 Å². The molecule has 0 saturated carbocycles. The minimum absolute atomic E-state index is 0.954. The zero-order chi connectivity index (χ0) is 13.5. The fourth-order valence-electron chi connectivity index (χ4n) is 2.65. The van der Waals surface area contributed by atoms with Gasteiger partial charge in [-0.2, -0.15) is 0 Å². The molecule has 3 heterocycles. The smallest absolute Gasteiger partial charge is 0.115 e. The maximum atomic E-state index is 4.67. The van der Waals surface area contributed by atoms with Crippen LogP contribution in [-0.4, -0.2) is 14.5 Å². The number of para-hydroxylation sites is 1. The van der Waals surface area contributed by atoms with Crippen LogP contribution in [0.3, 0.4) is 0 Å². The number of fused-ring (bicyclic) bond motifs is 3. The van der Waals surface area contributed by atoms with E-state index in [4.69, 9.17) is 0 Å². The third kappa shape index (κ3) is 1.53. The van der Waals surface area contributed by atoms with Crippen LogP contribution < -0.4 is 0 Å². The van der Waals surface area contributed by atoms with Gasteiger partial charge in [0.15, 0.2) is 0 Å². The van der Waals surface area contributed by atoms with Gasteiger partial charge in [0.1, 0.15) is 11.0 Å². The topological polar surface area (TPSA) is 30.7 Å². The molecule has 4 rings (SSSR count). The Balaban J connectivity index is 2.22. The van der Waals surface area contributed by atoms with E-state index in [0.717, 1.165) is 33.4 Å². The van der Waals surface area contributed by atoms with Crippen LogP contribution in [-0.2, 0) is 0 Å². The van der Waals surface area contributed by atoms with Crippen molar-refractivity contribution in [2.45, 2.75) is 6.92 Å². The lowest BCUT2D eigenvalue weighted by atomic mass is 10.3. The number of hydrogen-bond acceptors (Lipinski definition) is 2. The van der Waals surface area contributed by atoms with Gasteiger partial charge in [-0.15, -0.1) is 0 Å². The molecule has 3 nitrogen and oxygen atoms in total. The van der Waals surface area contributed by atoms with E-state index in [1.807, 2.05) is 43.5 Å². The van der Waals surface area contributed by atoms with Gasteiger partial charge in [-0.3, -0.25) is 4.98 Å². The second-order valence-corrected chi connectivity index (χ2v) is 4.86. The molecule has 0 unspecified atom stereocenters. The first kappa shape index (κ1) is 11.2. The fourth-order valence-corrected chi connectivity index (χ4v) is 2.65. The molecule has 0 aliphatic carbocycles. The molecule has 1 aromatic carbocycles. The molecular weight excluding hydrogens is 246 g/mol. The number of benzene rings is 1. The maximum Gasteiger partial charge on any atom is 0.115 e. The van der Waals surface area contributed by atoms with Gasteiger partial charge in [0.25, 0.3) is 0 Å². The molecule has 4 aromatic rings. The largest absolute Gasteiger partial charge is 0.306 e. The number of hydrogen-bond donors (Lipinski definition) is 0. The van der Waals surface area contributed by atoms with Crippen molar-refractivity contribution in [3.05, 3.63) is 66.5 Å². The summed E-state index contributed by atoms with van der Waals surface area (Å²) in [5, 5.41) is 0. The first-order chi connectivity index (χ1) is 9.84. The van der Waals surface area contributed by atoms with Crippen LogP contribution in [0.25, 0.3) is 27.8 Å². The number of rotatable bonds is 1. The van der Waals surface area contributed by atoms with Crippen molar-refractivity contribution in [2.24, 2.45) is 0 Å². The Morgan fingerprint density at radius 2 is 1.60 bits per heavy atom. The van der Waals surface area contributed by atoms with E-state index in [9.17, 15) is 0 Å². The van der Waals surface area contributed by atoms with Gasteiger partial charge in [-0.25, -0.2) is 4.98 Å². The van der Waals surface area contributed by atoms with Gasteiger partial charge in [-0.1, -0.05) is 18.2 Å². The summed E-state index contributed by atoms with van der Waals surface area (Å²) in [5.74, 6) is 0. The number of pyridine rings is 2. The van der Waals surface area contributed by atoms with Crippen LogP contribution in [0.2, 0.25) is 0 Å². The lowest BCUT2D eigenvalue weighted by molar-refractivity contribution is 1.16. The van der Waals surface area contributed by atoms with Gasteiger partial charge < -0.3 is 4.57 Å². The Labute approximate surface area is 116 Å². The summed E-state index contributed by atoms with van der Waals surface area (Å²) in [6.07, 6.45) is 1.82. The Morgan fingerprint density at radius 3 is 2.45 bits per heavy atom. The SMILES string of the molecule is Cc1ccc2c(n1)c1ncccc1n2-c1ccccc1. The summed E-state index contributed by atoms with van der Waals surface area (Å²) in [7, 11) is 0. The molecule has 96 valence electrons. The summed E-state index contributed by atoms with van der Waals surface area (Å²) in [6, 6.07) is 18.5. The summed E-state index contributed by atoms with van der Waals surface area (Å²) in [6.45, 7) is 2.01. The molecule has 0 radical (unpaired) electrons. The molecule has 0 N–H and O–H groups in total. The second kappa shape index (κ2) is 4.17. The lowest BCUT2D eigenvalue weighted by Crippen LogP contribution is -1.93. The van der Waals surface area contributed by atoms with Gasteiger partial charge >= 0.3 is 0 Å². The summed E-state index contributed by atoms with van der Waals surface area (Å²) in [4.78, 5) is 9.18. The minimum Gasteiger partial charge on any atom is -0.306 e. The summed E-state index contributed by atoms with van der Waals surface area (Å²) >= 11 is 0. The predicted molar refractivity (Wildman–Crippen MR) is 81.1 cm³/mol. The van der Waals surface area contributed by atoms with Gasteiger partial charge in [0.05, 0.1) is 11.0 Å². The first-order valence-corrected chi connectivity index (χ1v) is 6.63. The monoisotopic (exact) mass is 259 g/mol. The normalized spacial score (nSPS) is 11.2. The van der Waals surface area contributed by atoms with E-state index in [1.54, 1.807) is 0 Å². The molecule has 0 amide bonds. The Bertz CT molecular complexity index is 907. The van der Waals surface area contributed by atoms with Gasteiger partial charge in [0.2, 0.25) is 0 Å². The van der Waals surface area contributed by atoms with E-state index in [2.05, 4.69) is 38.8 Å². The summed E-state index contributed by atoms with van der Waals surface area (Å²) in [5.41, 5.74) is 6.24. The number of aryl methyl sites for hydroxylation is 1. The Morgan fingerprint density at radius 1 is 0.800 bits per heavy atom. The molecular formula is C17H13N3. The Hall–Kier alpha value is -2.68. The highest BCUT2D eigenvalue weighted by atomic mass is 15.0. The van der Waals surface area contributed by atoms with Gasteiger partial charge in [-0.05, 0) is 43.3 Å². The van der Waals surface area contributed by atoms with Crippen LogP contribution in [0.4, 0.5) is 0 Å². The van der Waals surface area contributed by atoms with Crippen molar-refractivity contribution < 1.29 is 0 Å². The highest BCUT2D eigenvalue weighted by Crippen LogP contribution is 2.29. The summed E-state index contributed by atoms with van der Waals surface area (Å²) < 4.78 is 2.21. The molecule has 20 heavy (non-hydrogen) atoms. The molecule has 0 aliphatic rings. The lowest BCUT2D eigenvalue weighted by Gasteiger charge is -2.06. The number of aromatic nitrogens is 3. The molecule has 0 atom stereocenters. The van der Waals surface area contributed by atoms with Gasteiger partial charge in [0, 0.05) is 17.6 Å². The standard InChI is InChI=1S/C17H13N3/c1-12-9-10-15-17(19-12)16-14(8-5-11-18-16)20(15)13-6-3-2-4-7-13/h2-11H,1H3. The molecule has 0 bridgehead atoms. The highest BCUT2D eigenvalue weighted by Gasteiger charge is 2.13. The molecule has 3 aromatic heterocycles. The average Bonchev–Trinajstić information content (AvgIpc) is 2.82. The van der Waals surface area contributed by atoms with Crippen molar-refractivity contribution in [1.29, 1.82) is 0 Å². The third-order valence-corrected chi connectivity index (χ3v) is 3.52. The maximum absolute atomic E-state index is 4.67. The molecule has 0 fully saturated rings. The van der Waals surface area contributed by atoms with Crippen LogP contribution >= 0.6 is 0 Å². The van der Waals surface area contributed by atoms with E-state index in [1.165, 1.54) is 0 Å². The minimum atomic E-state index is 0.954. The van der Waals surface area contributed by atoms with Crippen LogP contribution in [0.5, 0.6) is 0 Å². The quantitative estimate of drug-likeness (QED) is 0.519. The predicted octanol–water partition coefficient (Wildman–Crippen LogP) is 3.88. The van der Waals surface area contributed by atoms with Crippen LogP contribution in [0.15, 0.2) is 60.8 Å². The van der Waals surface area contributed by atoms with E-state index < -0.39 is 0 Å². The van der Waals surface area contributed by atoms with Crippen molar-refractivity contribution in [2.75, 3.05) is 0 Å². The van der Waals surface area contributed by atoms with Crippen molar-refractivity contribution >= 4 is 22.1 Å². The highest BCUT2D eigenvalue weighted by molar-refractivity contribution is 6.04. The van der Waals surface area contributed by atoms with Crippen LogP contribution in [0, 0.1) is 6.92 Å². The Kier molecular flexibility index (Phi) is 2.33. The van der Waals surface area contributed by atoms with E-state index in [0.29, 0.717) is 0 Å². The molecule has 0 aliphatic heterocycles. The fraction of sp³-hybridized carbons (Fsp3) is 0.0588. The van der Waals surface area contributed by atoms with Crippen molar-refractivity contribution in [3.8, 4) is 5.69 Å². The van der Waals surface area contributed by atoms with E-state index >= 15 is 0 Å². The number of nitrogens with zero attached hydrogens (tertiary/aromatic N) is 3. The molecule has 0 saturated heterocycles. The molecule has 0 spiro atoms. The van der Waals surface area contributed by atoms with E-state index in [-0.39, 0.29) is 0 Å². The van der Waals surface area contributed by atoms with Crippen molar-refractivity contribution in [1.82, 2.24) is 14.5 Å². The first-order valence-electron chi connectivity index (χ1n) is 6.63. The third-order valence-electron chi connectivity index (χ3n) is 3.52. The average molecular weight is 259 g/mol. The van der Waals surface area contributed by atoms with Crippen molar-refractivity contribution in [3.63, 3.8) is 0 Å². The zero-order valence-electron chi connectivity index (χ0n) is 11.1. The molecule has 3 heteroatoms.